The fourth-order valence-electron chi connectivity index (χ4n) is 3.89. The predicted octanol–water partition coefficient (Wildman–Crippen LogP) is 3.44. The number of likely N-dealkylation sites (tertiary alicyclic amines) is 1. The van der Waals surface area contributed by atoms with E-state index in [1.54, 1.807) is 6.20 Å². The summed E-state index contributed by atoms with van der Waals surface area (Å²) in [6.45, 7) is 3.62. The van der Waals surface area contributed by atoms with E-state index in [-0.39, 0.29) is 12.0 Å². The third-order valence-electron chi connectivity index (χ3n) is 5.84. The molecule has 1 aliphatic rings. The van der Waals surface area contributed by atoms with E-state index in [1.165, 1.54) is 5.56 Å². The van der Waals surface area contributed by atoms with Crippen LogP contribution in [0.1, 0.15) is 34.6 Å². The van der Waals surface area contributed by atoms with Crippen molar-refractivity contribution in [3.63, 3.8) is 0 Å². The van der Waals surface area contributed by atoms with Gasteiger partial charge in [-0.05, 0) is 49.1 Å². The number of hydrogen-bond acceptors (Lipinski definition) is 4. The number of rotatable bonds is 8. The molecule has 1 saturated heterocycles. The lowest BCUT2D eigenvalue weighted by molar-refractivity contribution is 0.0949. The van der Waals surface area contributed by atoms with Crippen molar-refractivity contribution in [3.8, 4) is 5.75 Å². The Morgan fingerprint density at radius 3 is 2.52 bits per heavy atom. The summed E-state index contributed by atoms with van der Waals surface area (Å²) in [6, 6.07) is 18.1. The van der Waals surface area contributed by atoms with Gasteiger partial charge in [0.15, 0.2) is 0 Å². The topological polar surface area (TPSA) is 59.4 Å². The minimum Gasteiger partial charge on any atom is -0.490 e. The van der Waals surface area contributed by atoms with Gasteiger partial charge in [-0.3, -0.25) is 4.79 Å². The van der Waals surface area contributed by atoms with Crippen molar-refractivity contribution in [2.45, 2.75) is 31.9 Å². The van der Waals surface area contributed by atoms with Crippen LogP contribution in [0.5, 0.6) is 5.75 Å². The summed E-state index contributed by atoms with van der Waals surface area (Å²) in [5, 5.41) is 2.90. The second-order valence-electron chi connectivity index (χ2n) is 8.06. The number of ether oxygens (including phenoxy) is 1. The second-order valence-corrected chi connectivity index (χ2v) is 8.06. The molecule has 6 heteroatoms. The molecule has 0 saturated carbocycles. The molecule has 2 heterocycles. The second kappa shape index (κ2) is 10.3. The Labute approximate surface area is 183 Å². The SMILES string of the molecule is Cn1ccnc1CNC(=O)c1ccc(OC2CCN(CCc3ccccc3)CC2)cc1. The normalized spacial score (nSPS) is 15.0. The standard InChI is InChI=1S/C25H30N4O2/c1-28-18-14-26-24(28)19-27-25(30)21-7-9-22(10-8-21)31-23-12-16-29(17-13-23)15-11-20-5-3-2-4-6-20/h2-10,14,18,23H,11-13,15-17,19H2,1H3,(H,27,30). The summed E-state index contributed by atoms with van der Waals surface area (Å²) in [5.41, 5.74) is 2.02. The van der Waals surface area contributed by atoms with Crippen molar-refractivity contribution in [2.24, 2.45) is 7.05 Å². The summed E-state index contributed by atoms with van der Waals surface area (Å²) in [6.07, 6.45) is 6.97. The number of imidazole rings is 1. The van der Waals surface area contributed by atoms with Gasteiger partial charge in [0.2, 0.25) is 0 Å². The molecule has 0 spiro atoms. The largest absolute Gasteiger partial charge is 0.490 e. The molecule has 162 valence electrons. The zero-order chi connectivity index (χ0) is 21.5. The molecular weight excluding hydrogens is 388 g/mol. The molecule has 3 aromatic rings. The fraction of sp³-hybridized carbons (Fsp3) is 0.360. The number of nitrogens with zero attached hydrogens (tertiary/aromatic N) is 3. The average Bonchev–Trinajstić information content (AvgIpc) is 3.23. The van der Waals surface area contributed by atoms with E-state index in [2.05, 4.69) is 45.5 Å². The maximum absolute atomic E-state index is 12.4. The van der Waals surface area contributed by atoms with Crippen molar-refractivity contribution in [2.75, 3.05) is 19.6 Å². The van der Waals surface area contributed by atoms with Crippen molar-refractivity contribution in [1.82, 2.24) is 19.8 Å². The molecule has 1 aromatic heterocycles. The molecule has 4 rings (SSSR count). The van der Waals surface area contributed by atoms with E-state index in [9.17, 15) is 4.79 Å². The van der Waals surface area contributed by atoms with Crippen LogP contribution in [0.3, 0.4) is 0 Å². The summed E-state index contributed by atoms with van der Waals surface area (Å²) in [4.78, 5) is 19.1. The third kappa shape index (κ3) is 5.95. The number of aryl methyl sites for hydroxylation is 1. The highest BCUT2D eigenvalue weighted by Gasteiger charge is 2.20. The first-order chi connectivity index (χ1) is 15.2. The summed E-state index contributed by atoms with van der Waals surface area (Å²) < 4.78 is 8.06. The minimum absolute atomic E-state index is 0.110. The molecule has 6 nitrogen and oxygen atoms in total. The summed E-state index contributed by atoms with van der Waals surface area (Å²) >= 11 is 0. The Morgan fingerprint density at radius 1 is 1.10 bits per heavy atom. The van der Waals surface area contributed by atoms with Crippen LogP contribution in [-0.4, -0.2) is 46.1 Å². The maximum Gasteiger partial charge on any atom is 0.251 e. The summed E-state index contributed by atoms with van der Waals surface area (Å²) in [7, 11) is 1.91. The molecule has 31 heavy (non-hydrogen) atoms. The molecule has 0 radical (unpaired) electrons. The molecule has 0 aliphatic carbocycles. The zero-order valence-electron chi connectivity index (χ0n) is 18.0. The van der Waals surface area contributed by atoms with E-state index in [1.807, 2.05) is 42.1 Å². The van der Waals surface area contributed by atoms with Crippen molar-refractivity contribution >= 4 is 5.91 Å². The summed E-state index contributed by atoms with van der Waals surface area (Å²) in [5.74, 6) is 1.54. The lowest BCUT2D eigenvalue weighted by Crippen LogP contribution is -2.39. The Balaban J connectivity index is 1.19. The lowest BCUT2D eigenvalue weighted by atomic mass is 10.1. The first kappa shape index (κ1) is 21.1. The Hall–Kier alpha value is -3.12. The van der Waals surface area contributed by atoms with Crippen LogP contribution >= 0.6 is 0 Å². The van der Waals surface area contributed by atoms with E-state index < -0.39 is 0 Å². The van der Waals surface area contributed by atoms with Crippen LogP contribution < -0.4 is 10.1 Å². The van der Waals surface area contributed by atoms with Crippen LogP contribution in [0.25, 0.3) is 0 Å². The molecule has 0 unspecified atom stereocenters. The third-order valence-corrected chi connectivity index (χ3v) is 5.84. The molecule has 0 bridgehead atoms. The van der Waals surface area contributed by atoms with Gasteiger partial charge in [0.25, 0.3) is 5.91 Å². The average molecular weight is 419 g/mol. The van der Waals surface area contributed by atoms with E-state index >= 15 is 0 Å². The zero-order valence-corrected chi connectivity index (χ0v) is 18.0. The number of piperidine rings is 1. The number of amides is 1. The molecule has 1 N–H and O–H groups in total. The number of nitrogens with one attached hydrogen (secondary N) is 1. The highest BCUT2D eigenvalue weighted by molar-refractivity contribution is 5.94. The van der Waals surface area contributed by atoms with Crippen molar-refractivity contribution < 1.29 is 9.53 Å². The van der Waals surface area contributed by atoms with E-state index in [0.29, 0.717) is 12.1 Å². The Bertz CT molecular complexity index is 961. The van der Waals surface area contributed by atoms with Crippen LogP contribution in [0.15, 0.2) is 67.0 Å². The highest BCUT2D eigenvalue weighted by atomic mass is 16.5. The Kier molecular flexibility index (Phi) is 6.99. The molecule has 0 atom stereocenters. The van der Waals surface area contributed by atoms with Gasteiger partial charge in [0.1, 0.15) is 17.7 Å². The van der Waals surface area contributed by atoms with Crippen LogP contribution in [0.2, 0.25) is 0 Å². The molecular formula is C25H30N4O2. The Morgan fingerprint density at radius 2 is 1.84 bits per heavy atom. The van der Waals surface area contributed by atoms with Crippen LogP contribution in [0, 0.1) is 0 Å². The van der Waals surface area contributed by atoms with Crippen LogP contribution in [0.4, 0.5) is 0 Å². The number of carbonyl (C=O) groups is 1. The fourth-order valence-corrected chi connectivity index (χ4v) is 3.89. The molecule has 1 amide bonds. The predicted molar refractivity (Wildman–Crippen MR) is 121 cm³/mol. The minimum atomic E-state index is -0.110. The number of carbonyl (C=O) groups excluding carboxylic acids is 1. The van der Waals surface area contributed by atoms with Gasteiger partial charge < -0.3 is 19.5 Å². The quantitative estimate of drug-likeness (QED) is 0.609. The van der Waals surface area contributed by atoms with E-state index in [0.717, 1.165) is 50.5 Å². The first-order valence-corrected chi connectivity index (χ1v) is 10.9. The highest BCUT2D eigenvalue weighted by Crippen LogP contribution is 2.20. The molecule has 1 aliphatic heterocycles. The number of aromatic nitrogens is 2. The number of benzene rings is 2. The van der Waals surface area contributed by atoms with Gasteiger partial charge >= 0.3 is 0 Å². The monoisotopic (exact) mass is 418 g/mol. The van der Waals surface area contributed by atoms with Gasteiger partial charge in [0.05, 0.1) is 6.54 Å². The van der Waals surface area contributed by atoms with Gasteiger partial charge in [-0.15, -0.1) is 0 Å². The van der Waals surface area contributed by atoms with Gasteiger partial charge in [-0.25, -0.2) is 4.98 Å². The van der Waals surface area contributed by atoms with Gasteiger partial charge in [-0.1, -0.05) is 30.3 Å². The van der Waals surface area contributed by atoms with Crippen molar-refractivity contribution in [3.05, 3.63) is 83.9 Å². The van der Waals surface area contributed by atoms with Crippen molar-refractivity contribution in [1.29, 1.82) is 0 Å². The van der Waals surface area contributed by atoms with Crippen LogP contribution in [-0.2, 0) is 20.0 Å². The first-order valence-electron chi connectivity index (χ1n) is 10.9. The molecule has 1 fully saturated rings. The lowest BCUT2D eigenvalue weighted by Gasteiger charge is -2.32. The smallest absolute Gasteiger partial charge is 0.251 e. The maximum atomic E-state index is 12.4. The van der Waals surface area contributed by atoms with E-state index in [4.69, 9.17) is 4.74 Å². The van der Waals surface area contributed by atoms with Gasteiger partial charge in [-0.2, -0.15) is 0 Å². The molecule has 2 aromatic carbocycles. The number of hydrogen-bond donors (Lipinski definition) is 1. The van der Waals surface area contributed by atoms with Gasteiger partial charge in [0, 0.05) is 44.6 Å².